The van der Waals surface area contributed by atoms with Crippen LogP contribution in [0.1, 0.15) is 11.1 Å². The van der Waals surface area contributed by atoms with Crippen LogP contribution in [0.4, 0.5) is 13.2 Å². The monoisotopic (exact) mass is 369 g/mol. The minimum atomic E-state index is -4.91. The van der Waals surface area contributed by atoms with Gasteiger partial charge in [0.05, 0.1) is 11.2 Å². The maximum Gasteiger partial charge on any atom is 0.425 e. The van der Waals surface area contributed by atoms with Gasteiger partial charge < -0.3 is 5.11 Å². The van der Waals surface area contributed by atoms with Gasteiger partial charge in [0.2, 0.25) is 5.60 Å². The Hall–Kier alpha value is -3.19. The lowest BCUT2D eigenvalue weighted by molar-refractivity contribution is -0.248. The van der Waals surface area contributed by atoms with Crippen molar-refractivity contribution < 1.29 is 18.3 Å². The molecule has 0 aliphatic carbocycles. The first-order valence-electron chi connectivity index (χ1n) is 8.17. The summed E-state index contributed by atoms with van der Waals surface area (Å²) in [5.74, 6) is 0. The summed E-state index contributed by atoms with van der Waals surface area (Å²) in [5.41, 5.74) is -2.17. The first-order chi connectivity index (χ1) is 12.9. The van der Waals surface area contributed by atoms with E-state index in [1.54, 1.807) is 6.07 Å². The number of aromatic nitrogens is 3. The zero-order valence-electron chi connectivity index (χ0n) is 13.9. The van der Waals surface area contributed by atoms with Gasteiger partial charge in [-0.3, -0.25) is 0 Å². The summed E-state index contributed by atoms with van der Waals surface area (Å²) < 4.78 is 43.1. The van der Waals surface area contributed by atoms with Gasteiger partial charge in [-0.15, -0.1) is 5.10 Å². The maximum absolute atomic E-state index is 13.9. The highest BCUT2D eigenvalue weighted by atomic mass is 19.4. The Morgan fingerprint density at radius 1 is 0.778 bits per heavy atom. The molecule has 1 N–H and O–H groups in total. The minimum Gasteiger partial charge on any atom is -0.372 e. The molecule has 0 aliphatic rings. The number of nitrogens with zero attached hydrogens (tertiary/aromatic N) is 3. The highest BCUT2D eigenvalue weighted by Crippen LogP contribution is 2.44. The lowest BCUT2D eigenvalue weighted by Gasteiger charge is -2.31. The molecule has 0 aliphatic heterocycles. The largest absolute Gasteiger partial charge is 0.425 e. The predicted octanol–water partition coefficient (Wildman–Crippen LogP) is 4.22. The Balaban J connectivity index is 1.88. The number of benzene rings is 3. The second-order valence-electron chi connectivity index (χ2n) is 6.11. The number of alkyl halides is 3. The highest BCUT2D eigenvalue weighted by Gasteiger charge is 2.56. The second-order valence-corrected chi connectivity index (χ2v) is 6.11. The summed E-state index contributed by atoms with van der Waals surface area (Å²) in [6, 6.07) is 20.1. The van der Waals surface area contributed by atoms with Crippen molar-refractivity contribution in [3.63, 3.8) is 0 Å². The molecule has 1 unspecified atom stereocenters. The molecule has 7 heteroatoms. The minimum absolute atomic E-state index is 0.257. The Morgan fingerprint density at radius 2 is 1.41 bits per heavy atom. The predicted molar refractivity (Wildman–Crippen MR) is 94.4 cm³/mol. The molecule has 0 spiro atoms. The molecule has 0 bridgehead atoms. The molecule has 1 heterocycles. The lowest BCUT2D eigenvalue weighted by Crippen LogP contribution is -2.43. The Morgan fingerprint density at radius 3 is 2.04 bits per heavy atom. The fourth-order valence-electron chi connectivity index (χ4n) is 3.08. The molecule has 3 aromatic carbocycles. The van der Waals surface area contributed by atoms with Gasteiger partial charge in [-0.05, 0) is 35.4 Å². The van der Waals surface area contributed by atoms with E-state index in [0.717, 1.165) is 5.69 Å². The Bertz CT molecular complexity index is 1080. The van der Waals surface area contributed by atoms with Crippen LogP contribution in [-0.2, 0) is 5.60 Å². The maximum atomic E-state index is 13.9. The van der Waals surface area contributed by atoms with Crippen molar-refractivity contribution in [2.45, 2.75) is 11.8 Å². The third-order valence-corrected chi connectivity index (χ3v) is 4.47. The zero-order valence-corrected chi connectivity index (χ0v) is 13.9. The van der Waals surface area contributed by atoms with E-state index < -0.39 is 11.8 Å². The Labute approximate surface area is 152 Å². The molecule has 4 nitrogen and oxygen atoms in total. The van der Waals surface area contributed by atoms with Crippen molar-refractivity contribution in [3.05, 3.63) is 90.0 Å². The summed E-state index contributed by atoms with van der Waals surface area (Å²) in [6.07, 6.45) is -4.91. The number of hydrogen-bond donors (Lipinski definition) is 1. The average molecular weight is 369 g/mol. The summed E-state index contributed by atoms with van der Waals surface area (Å²) in [5, 5.41) is 18.7. The third-order valence-electron chi connectivity index (χ3n) is 4.47. The second kappa shape index (κ2) is 6.21. The van der Waals surface area contributed by atoms with Crippen LogP contribution in [0.3, 0.4) is 0 Å². The number of aliphatic hydroxyl groups is 1. The standard InChI is InChI=1S/C20H14F3N3O/c21-20(22,23)19(27,14-7-3-1-4-8-14)15-11-12-18-17(13-15)24-25-26(18)16-9-5-2-6-10-16/h1-13,27H. The third kappa shape index (κ3) is 2.76. The fraction of sp³-hybridized carbons (Fsp3) is 0.100. The molecule has 1 aromatic heterocycles. The van der Waals surface area contributed by atoms with Gasteiger partial charge in [0, 0.05) is 0 Å². The molecule has 0 radical (unpaired) electrons. The SMILES string of the molecule is OC(c1ccccc1)(c1ccc2c(c1)nnn2-c1ccccc1)C(F)(F)F. The van der Waals surface area contributed by atoms with E-state index in [2.05, 4.69) is 10.3 Å². The van der Waals surface area contributed by atoms with Crippen LogP contribution in [0.2, 0.25) is 0 Å². The van der Waals surface area contributed by atoms with E-state index in [-0.39, 0.29) is 16.6 Å². The number of fused-ring (bicyclic) bond motifs is 1. The molecule has 0 amide bonds. The van der Waals surface area contributed by atoms with E-state index in [4.69, 9.17) is 0 Å². The smallest absolute Gasteiger partial charge is 0.372 e. The summed E-state index contributed by atoms with van der Waals surface area (Å²) in [4.78, 5) is 0. The quantitative estimate of drug-likeness (QED) is 0.588. The van der Waals surface area contributed by atoms with Crippen molar-refractivity contribution >= 4 is 11.0 Å². The van der Waals surface area contributed by atoms with E-state index in [0.29, 0.717) is 5.52 Å². The molecule has 136 valence electrons. The molecule has 4 rings (SSSR count). The highest BCUT2D eigenvalue weighted by molar-refractivity contribution is 5.77. The van der Waals surface area contributed by atoms with Crippen LogP contribution < -0.4 is 0 Å². The molecule has 4 aromatic rings. The first kappa shape index (κ1) is 17.2. The molecule has 27 heavy (non-hydrogen) atoms. The first-order valence-corrected chi connectivity index (χ1v) is 8.17. The van der Waals surface area contributed by atoms with Gasteiger partial charge >= 0.3 is 6.18 Å². The molecule has 0 saturated carbocycles. The lowest BCUT2D eigenvalue weighted by atomic mass is 9.85. The van der Waals surface area contributed by atoms with E-state index in [1.165, 1.54) is 47.1 Å². The van der Waals surface area contributed by atoms with Gasteiger partial charge in [-0.2, -0.15) is 13.2 Å². The van der Waals surface area contributed by atoms with Crippen LogP contribution in [0.15, 0.2) is 78.9 Å². The molecular formula is C20H14F3N3O. The van der Waals surface area contributed by atoms with Crippen molar-refractivity contribution in [1.29, 1.82) is 0 Å². The molecule has 0 saturated heterocycles. The summed E-state index contributed by atoms with van der Waals surface area (Å²) in [6.45, 7) is 0. The van der Waals surface area contributed by atoms with Crippen LogP contribution in [0.5, 0.6) is 0 Å². The van der Waals surface area contributed by atoms with Crippen molar-refractivity contribution in [1.82, 2.24) is 15.0 Å². The molecule has 0 fully saturated rings. The molecular weight excluding hydrogens is 355 g/mol. The van der Waals surface area contributed by atoms with Crippen molar-refractivity contribution in [2.75, 3.05) is 0 Å². The number of para-hydroxylation sites is 1. The van der Waals surface area contributed by atoms with Crippen molar-refractivity contribution in [2.24, 2.45) is 0 Å². The Kier molecular flexibility index (Phi) is 3.96. The summed E-state index contributed by atoms with van der Waals surface area (Å²) in [7, 11) is 0. The number of rotatable bonds is 3. The van der Waals surface area contributed by atoms with Crippen LogP contribution >= 0.6 is 0 Å². The topological polar surface area (TPSA) is 50.9 Å². The van der Waals surface area contributed by atoms with Crippen LogP contribution in [0.25, 0.3) is 16.7 Å². The van der Waals surface area contributed by atoms with E-state index >= 15 is 0 Å². The number of hydrogen-bond acceptors (Lipinski definition) is 3. The number of halogens is 3. The van der Waals surface area contributed by atoms with E-state index in [1.807, 2.05) is 30.3 Å². The van der Waals surface area contributed by atoms with Gasteiger partial charge in [0.15, 0.2) is 0 Å². The fourth-order valence-corrected chi connectivity index (χ4v) is 3.08. The van der Waals surface area contributed by atoms with Crippen molar-refractivity contribution in [3.8, 4) is 5.69 Å². The summed E-state index contributed by atoms with van der Waals surface area (Å²) >= 11 is 0. The normalized spacial score (nSPS) is 14.2. The van der Waals surface area contributed by atoms with Gasteiger partial charge in [0.25, 0.3) is 0 Å². The average Bonchev–Trinajstić information content (AvgIpc) is 3.11. The molecule has 1 atom stereocenters. The van der Waals surface area contributed by atoms with Crippen LogP contribution in [0, 0.1) is 0 Å². The van der Waals surface area contributed by atoms with Crippen LogP contribution in [-0.4, -0.2) is 26.3 Å². The van der Waals surface area contributed by atoms with Gasteiger partial charge in [-0.25, -0.2) is 4.68 Å². The van der Waals surface area contributed by atoms with Gasteiger partial charge in [-0.1, -0.05) is 59.8 Å². The zero-order chi connectivity index (χ0) is 19.1. The van der Waals surface area contributed by atoms with E-state index in [9.17, 15) is 18.3 Å². The van der Waals surface area contributed by atoms with Gasteiger partial charge in [0.1, 0.15) is 5.52 Å².